The number of fused-ring (bicyclic) bond motifs is 6. The monoisotopic (exact) mass is 890 g/mol. The molecule has 0 unspecified atom stereocenters. The van der Waals surface area contributed by atoms with Crippen LogP contribution >= 0.6 is 0 Å². The summed E-state index contributed by atoms with van der Waals surface area (Å²) >= 11 is 0. The van der Waals surface area contributed by atoms with E-state index in [9.17, 15) is 0 Å². The number of hydrogen-bond donors (Lipinski definition) is 0. The van der Waals surface area contributed by atoms with Crippen LogP contribution < -0.4 is 4.90 Å². The molecule has 0 aliphatic rings. The molecule has 1 heterocycles. The van der Waals surface area contributed by atoms with Gasteiger partial charge in [-0.3, -0.25) is 0 Å². The molecule has 0 saturated carbocycles. The predicted molar refractivity (Wildman–Crippen MR) is 298 cm³/mol. The summed E-state index contributed by atoms with van der Waals surface area (Å²) < 4.78 is 2.43. The van der Waals surface area contributed by atoms with Gasteiger partial charge >= 0.3 is 0 Å². The van der Waals surface area contributed by atoms with Crippen LogP contribution in [-0.4, -0.2) is 4.57 Å². The Bertz CT molecular complexity index is 4040. The van der Waals surface area contributed by atoms with Crippen molar-refractivity contribution in [3.05, 3.63) is 279 Å². The second-order valence-corrected chi connectivity index (χ2v) is 18.0. The van der Waals surface area contributed by atoms with Crippen molar-refractivity contribution >= 4 is 60.4 Å². The van der Waals surface area contributed by atoms with Gasteiger partial charge in [0, 0.05) is 39.0 Å². The second kappa shape index (κ2) is 17.4. The van der Waals surface area contributed by atoms with E-state index in [0.29, 0.717) is 0 Å². The first-order valence-corrected chi connectivity index (χ1v) is 24.1. The molecule has 1 aromatic heterocycles. The topological polar surface area (TPSA) is 8.17 Å². The van der Waals surface area contributed by atoms with Crippen molar-refractivity contribution in [1.82, 2.24) is 4.57 Å². The Kier molecular flexibility index (Phi) is 10.2. The van der Waals surface area contributed by atoms with Crippen LogP contribution in [0, 0.1) is 0 Å². The minimum absolute atomic E-state index is 1.06. The van der Waals surface area contributed by atoms with Gasteiger partial charge in [0.05, 0.1) is 16.7 Å². The van der Waals surface area contributed by atoms with Crippen LogP contribution in [0.5, 0.6) is 0 Å². The van der Waals surface area contributed by atoms with Crippen molar-refractivity contribution in [3.63, 3.8) is 0 Å². The van der Waals surface area contributed by atoms with E-state index < -0.39 is 0 Å². The summed E-state index contributed by atoms with van der Waals surface area (Å²) in [6, 6.07) is 102. The van der Waals surface area contributed by atoms with E-state index in [4.69, 9.17) is 0 Å². The zero-order valence-corrected chi connectivity index (χ0v) is 38.5. The summed E-state index contributed by atoms with van der Waals surface area (Å²) in [6.45, 7) is 0. The largest absolute Gasteiger partial charge is 0.310 e. The highest BCUT2D eigenvalue weighted by molar-refractivity contribution is 6.15. The molecule has 0 atom stereocenters. The molecule has 2 nitrogen and oxygen atoms in total. The van der Waals surface area contributed by atoms with Crippen LogP contribution in [0.3, 0.4) is 0 Å². The van der Waals surface area contributed by atoms with Crippen molar-refractivity contribution in [2.24, 2.45) is 0 Å². The first-order valence-electron chi connectivity index (χ1n) is 24.1. The molecule has 12 aromatic carbocycles. The van der Waals surface area contributed by atoms with Crippen molar-refractivity contribution in [2.75, 3.05) is 4.90 Å². The third-order valence-corrected chi connectivity index (χ3v) is 14.0. The standard InChI is InChI=1S/C68H46N2/c1-4-21-47(22-5-1)55-30-12-15-35-62(55)67-57(48-23-6-2-7-24-48)36-20-40-66(67)69(53-43-41-49(42-44-53)64-46-51-25-10-11-31-56(51)59-32-13-14-33-60(59)64)54-29-18-26-50(45-54)58-37-19-38-63-61-34-16-17-39-65(61)70(68(58)63)52-27-8-3-9-28-52/h1-46H. The maximum atomic E-state index is 2.47. The van der Waals surface area contributed by atoms with Gasteiger partial charge in [0.15, 0.2) is 0 Å². The summed E-state index contributed by atoms with van der Waals surface area (Å²) in [7, 11) is 0. The zero-order valence-electron chi connectivity index (χ0n) is 38.5. The molecule has 2 heteroatoms. The number of hydrogen-bond acceptors (Lipinski definition) is 1. The lowest BCUT2D eigenvalue weighted by atomic mass is 9.87. The molecular formula is C68H46N2. The fourth-order valence-corrected chi connectivity index (χ4v) is 10.9. The second-order valence-electron chi connectivity index (χ2n) is 18.0. The fourth-order valence-electron chi connectivity index (χ4n) is 10.9. The predicted octanol–water partition coefficient (Wildman–Crippen LogP) is 18.9. The Morgan fingerprint density at radius 3 is 1.57 bits per heavy atom. The Balaban J connectivity index is 1.06. The highest BCUT2D eigenvalue weighted by Crippen LogP contribution is 2.49. The molecule has 13 rings (SSSR count). The SMILES string of the molecule is c1ccc(-c2ccccc2-c2c(-c3ccccc3)cccc2N(c2ccc(-c3cc4ccccc4c4ccccc34)cc2)c2cccc(-c3cccc4c5ccccc5n(-c5ccccc5)c34)c2)cc1. The molecule has 0 aliphatic heterocycles. The first kappa shape index (κ1) is 41.0. The van der Waals surface area contributed by atoms with E-state index in [2.05, 4.69) is 289 Å². The van der Waals surface area contributed by atoms with Gasteiger partial charge in [0.25, 0.3) is 0 Å². The van der Waals surface area contributed by atoms with Gasteiger partial charge in [-0.1, -0.05) is 224 Å². The van der Waals surface area contributed by atoms with Crippen molar-refractivity contribution in [2.45, 2.75) is 0 Å². The molecule has 0 fully saturated rings. The fraction of sp³-hybridized carbons (Fsp3) is 0. The molecule has 0 saturated heterocycles. The van der Waals surface area contributed by atoms with Gasteiger partial charge in [0.2, 0.25) is 0 Å². The van der Waals surface area contributed by atoms with Gasteiger partial charge in [-0.05, 0) is 121 Å². The highest BCUT2D eigenvalue weighted by Gasteiger charge is 2.24. The summed E-state index contributed by atoms with van der Waals surface area (Å²) in [5, 5.41) is 7.48. The maximum absolute atomic E-state index is 2.47. The van der Waals surface area contributed by atoms with E-state index in [1.54, 1.807) is 0 Å². The van der Waals surface area contributed by atoms with Gasteiger partial charge < -0.3 is 9.47 Å². The molecule has 0 spiro atoms. The number of aromatic nitrogens is 1. The van der Waals surface area contributed by atoms with Crippen molar-refractivity contribution in [3.8, 4) is 61.3 Å². The smallest absolute Gasteiger partial charge is 0.0619 e. The minimum Gasteiger partial charge on any atom is -0.310 e. The van der Waals surface area contributed by atoms with Crippen LogP contribution in [0.25, 0.3) is 105 Å². The van der Waals surface area contributed by atoms with E-state index >= 15 is 0 Å². The van der Waals surface area contributed by atoms with Crippen LogP contribution in [0.15, 0.2) is 279 Å². The van der Waals surface area contributed by atoms with Gasteiger partial charge in [0.1, 0.15) is 0 Å². The number of anilines is 3. The molecular weight excluding hydrogens is 845 g/mol. The zero-order chi connectivity index (χ0) is 46.4. The van der Waals surface area contributed by atoms with Crippen LogP contribution in [0.4, 0.5) is 17.1 Å². The summed E-state index contributed by atoms with van der Waals surface area (Å²) in [5.41, 5.74) is 18.4. The molecule has 0 N–H and O–H groups in total. The van der Waals surface area contributed by atoms with Crippen LogP contribution in [0.2, 0.25) is 0 Å². The van der Waals surface area contributed by atoms with E-state index in [-0.39, 0.29) is 0 Å². The van der Waals surface area contributed by atoms with Gasteiger partial charge in [-0.15, -0.1) is 0 Å². The Morgan fingerprint density at radius 2 is 0.800 bits per heavy atom. The molecule has 0 amide bonds. The lowest BCUT2D eigenvalue weighted by molar-refractivity contribution is 1.18. The first-order chi connectivity index (χ1) is 34.8. The molecule has 13 aromatic rings. The Morgan fingerprint density at radius 1 is 0.271 bits per heavy atom. The summed E-state index contributed by atoms with van der Waals surface area (Å²) in [6.07, 6.45) is 0. The number of rotatable bonds is 9. The van der Waals surface area contributed by atoms with Crippen LogP contribution in [0.1, 0.15) is 0 Å². The average molecular weight is 891 g/mol. The van der Waals surface area contributed by atoms with Crippen molar-refractivity contribution < 1.29 is 0 Å². The third-order valence-electron chi connectivity index (χ3n) is 14.0. The lowest BCUT2D eigenvalue weighted by Gasteiger charge is -2.30. The third kappa shape index (κ3) is 7.05. The maximum Gasteiger partial charge on any atom is 0.0619 e. The van der Waals surface area contributed by atoms with E-state index in [1.165, 1.54) is 82.3 Å². The van der Waals surface area contributed by atoms with Crippen LogP contribution in [-0.2, 0) is 0 Å². The number of para-hydroxylation sites is 3. The summed E-state index contributed by atoms with van der Waals surface area (Å²) in [5.74, 6) is 0. The van der Waals surface area contributed by atoms with Crippen molar-refractivity contribution in [1.29, 1.82) is 0 Å². The lowest BCUT2D eigenvalue weighted by Crippen LogP contribution is -2.12. The molecule has 0 aliphatic carbocycles. The quantitative estimate of drug-likeness (QED) is 0.131. The molecule has 0 radical (unpaired) electrons. The Labute approximate surface area is 408 Å². The summed E-state index contributed by atoms with van der Waals surface area (Å²) in [4.78, 5) is 2.47. The molecule has 0 bridgehead atoms. The van der Waals surface area contributed by atoms with Gasteiger partial charge in [-0.25, -0.2) is 0 Å². The molecule has 328 valence electrons. The number of benzene rings is 12. The van der Waals surface area contributed by atoms with E-state index in [1.807, 2.05) is 0 Å². The minimum atomic E-state index is 1.06. The normalized spacial score (nSPS) is 11.4. The van der Waals surface area contributed by atoms with Gasteiger partial charge in [-0.2, -0.15) is 0 Å². The number of nitrogens with zero attached hydrogens (tertiary/aromatic N) is 2. The molecule has 70 heavy (non-hydrogen) atoms. The van der Waals surface area contributed by atoms with E-state index in [0.717, 1.165) is 39.4 Å². The highest BCUT2D eigenvalue weighted by atomic mass is 15.1. The average Bonchev–Trinajstić information content (AvgIpc) is 3.78. The Hall–Kier alpha value is -9.24.